The van der Waals surface area contributed by atoms with Crippen LogP contribution in [0, 0.1) is 0 Å². The van der Waals surface area contributed by atoms with Gasteiger partial charge in [-0.1, -0.05) is 37.3 Å². The van der Waals surface area contributed by atoms with Crippen molar-refractivity contribution in [3.63, 3.8) is 0 Å². The summed E-state index contributed by atoms with van der Waals surface area (Å²) in [5, 5.41) is 6.32. The lowest BCUT2D eigenvalue weighted by atomic mass is 10.2. The molecule has 0 saturated heterocycles. The van der Waals surface area contributed by atoms with Crippen molar-refractivity contribution < 1.29 is 8.42 Å². The van der Waals surface area contributed by atoms with Crippen LogP contribution in [0.2, 0.25) is 0 Å². The Labute approximate surface area is 101 Å². The highest BCUT2D eigenvalue weighted by Crippen LogP contribution is 2.22. The summed E-state index contributed by atoms with van der Waals surface area (Å²) in [7, 11) is -3.68. The third kappa shape index (κ3) is 4.15. The lowest BCUT2D eigenvalue weighted by molar-refractivity contribution is 0.582. The predicted molar refractivity (Wildman–Crippen MR) is 68.7 cm³/mol. The molecule has 1 N–H and O–H groups in total. The van der Waals surface area contributed by atoms with Crippen LogP contribution in [0.15, 0.2) is 30.3 Å². The Morgan fingerprint density at radius 1 is 1.25 bits per heavy atom. The van der Waals surface area contributed by atoms with Gasteiger partial charge in [-0.2, -0.15) is 11.8 Å². The Hall–Kier alpha value is -0.520. The molecule has 0 heterocycles. The topological polar surface area (TPSA) is 57.9 Å². The van der Waals surface area contributed by atoms with Crippen molar-refractivity contribution in [1.29, 1.82) is 0 Å². The van der Waals surface area contributed by atoms with Gasteiger partial charge in [0.2, 0.25) is 10.0 Å². The average molecular weight is 258 g/mol. The van der Waals surface area contributed by atoms with E-state index in [1.54, 1.807) is 18.7 Å². The lowest BCUT2D eigenvalue weighted by Crippen LogP contribution is -2.27. The molecule has 16 heavy (non-hydrogen) atoms. The van der Waals surface area contributed by atoms with Gasteiger partial charge < -0.3 is 0 Å². The highest BCUT2D eigenvalue weighted by atomic mass is 32.2. The molecule has 0 aromatic heterocycles. The zero-order valence-electron chi connectivity index (χ0n) is 9.38. The quantitative estimate of drug-likeness (QED) is 0.814. The lowest BCUT2D eigenvalue weighted by Gasteiger charge is -2.16. The van der Waals surface area contributed by atoms with Crippen LogP contribution in [-0.2, 0) is 15.8 Å². The van der Waals surface area contributed by atoms with E-state index >= 15 is 0 Å². The highest BCUT2D eigenvalue weighted by Gasteiger charge is 2.23. The van der Waals surface area contributed by atoms with Crippen LogP contribution < -0.4 is 5.14 Å². The summed E-state index contributed by atoms with van der Waals surface area (Å²) < 4.78 is 22.1. The number of rotatable bonds is 5. The molecule has 0 aliphatic carbocycles. The standard InChI is InChI=1S/C11H16NO2S2/c1-9(10(2)16(12,13)14)15-8-11-6-4-3-5-7-11/h3-7,9-10,12H,8H2,1-2H3. The van der Waals surface area contributed by atoms with Gasteiger partial charge in [-0.15, -0.1) is 5.14 Å². The monoisotopic (exact) mass is 258 g/mol. The molecule has 0 amide bonds. The van der Waals surface area contributed by atoms with Crippen molar-refractivity contribution in [2.24, 2.45) is 0 Å². The van der Waals surface area contributed by atoms with E-state index in [-0.39, 0.29) is 5.25 Å². The van der Waals surface area contributed by atoms with Gasteiger partial charge in [0.1, 0.15) is 0 Å². The first kappa shape index (κ1) is 13.5. The molecule has 2 atom stereocenters. The van der Waals surface area contributed by atoms with E-state index in [2.05, 4.69) is 0 Å². The number of hydrogen-bond acceptors (Lipinski definition) is 3. The largest absolute Gasteiger partial charge is 0.228 e. The maximum Gasteiger partial charge on any atom is 0.228 e. The minimum Gasteiger partial charge on any atom is -0.211 e. The van der Waals surface area contributed by atoms with E-state index in [0.717, 1.165) is 5.75 Å². The van der Waals surface area contributed by atoms with Crippen LogP contribution in [0.5, 0.6) is 0 Å². The summed E-state index contributed by atoms with van der Waals surface area (Å²) in [5.74, 6) is 0.780. The van der Waals surface area contributed by atoms with Gasteiger partial charge in [0.05, 0.1) is 5.25 Å². The van der Waals surface area contributed by atoms with Crippen LogP contribution in [0.25, 0.3) is 0 Å². The normalized spacial score (nSPS) is 15.7. The third-order valence-electron chi connectivity index (χ3n) is 2.51. The molecule has 1 radical (unpaired) electrons. The van der Waals surface area contributed by atoms with Crippen molar-refractivity contribution in [1.82, 2.24) is 5.14 Å². The van der Waals surface area contributed by atoms with Crippen LogP contribution in [0.1, 0.15) is 19.4 Å². The molecule has 3 nitrogen and oxygen atoms in total. The molecule has 0 bridgehead atoms. The first-order valence-corrected chi connectivity index (χ1v) is 7.64. The summed E-state index contributed by atoms with van der Waals surface area (Å²) in [6.45, 7) is 3.44. The van der Waals surface area contributed by atoms with Crippen LogP contribution in [-0.4, -0.2) is 18.9 Å². The Morgan fingerprint density at radius 3 is 2.31 bits per heavy atom. The molecular formula is C11H16NO2S2. The number of hydrogen-bond donors (Lipinski definition) is 0. The van der Waals surface area contributed by atoms with E-state index < -0.39 is 15.3 Å². The van der Waals surface area contributed by atoms with Gasteiger partial charge in [-0.3, -0.25) is 0 Å². The molecule has 0 aliphatic rings. The van der Waals surface area contributed by atoms with Crippen molar-refractivity contribution in [3.8, 4) is 0 Å². The fourth-order valence-electron chi connectivity index (χ4n) is 1.19. The summed E-state index contributed by atoms with van der Waals surface area (Å²) in [6.07, 6.45) is 0. The van der Waals surface area contributed by atoms with Gasteiger partial charge in [-0.25, -0.2) is 8.42 Å². The minimum atomic E-state index is -3.68. The molecule has 89 valence electrons. The Balaban J connectivity index is 2.51. The molecule has 5 heteroatoms. The second-order valence-corrected chi connectivity index (χ2v) is 6.95. The van der Waals surface area contributed by atoms with Crippen molar-refractivity contribution in [2.45, 2.75) is 30.1 Å². The summed E-state index contributed by atoms with van der Waals surface area (Å²) >= 11 is 1.57. The molecule has 0 fully saturated rings. The SMILES string of the molecule is CC(SCc1ccccc1)C(C)S([NH])(=O)=O. The Kier molecular flexibility index (Phi) is 4.83. The number of thioether (sulfide) groups is 1. The molecule has 1 rings (SSSR count). The van der Waals surface area contributed by atoms with Crippen molar-refractivity contribution in [2.75, 3.05) is 0 Å². The third-order valence-corrected chi connectivity index (χ3v) is 5.50. The van der Waals surface area contributed by atoms with Crippen LogP contribution >= 0.6 is 11.8 Å². The predicted octanol–water partition coefficient (Wildman–Crippen LogP) is 2.31. The van der Waals surface area contributed by atoms with Crippen molar-refractivity contribution in [3.05, 3.63) is 35.9 Å². The zero-order chi connectivity index (χ0) is 12.2. The maximum absolute atomic E-state index is 11.0. The van der Waals surface area contributed by atoms with Gasteiger partial charge >= 0.3 is 0 Å². The molecule has 1 aromatic rings. The maximum atomic E-state index is 11.0. The summed E-state index contributed by atoms with van der Waals surface area (Å²) in [5.41, 5.74) is 1.17. The molecule has 1 aromatic carbocycles. The van der Waals surface area contributed by atoms with E-state index in [0.29, 0.717) is 0 Å². The fraction of sp³-hybridized carbons (Fsp3) is 0.455. The Bertz CT molecular complexity index is 417. The second-order valence-electron chi connectivity index (χ2n) is 3.75. The van der Waals surface area contributed by atoms with E-state index in [9.17, 15) is 8.42 Å². The molecule has 0 saturated carbocycles. The van der Waals surface area contributed by atoms with Gasteiger partial charge in [0.15, 0.2) is 0 Å². The second kappa shape index (κ2) is 5.70. The summed E-state index contributed by atoms with van der Waals surface area (Å²) in [6, 6.07) is 9.91. The first-order chi connectivity index (χ1) is 7.41. The Morgan fingerprint density at radius 2 is 1.81 bits per heavy atom. The van der Waals surface area contributed by atoms with Crippen LogP contribution in [0.4, 0.5) is 0 Å². The van der Waals surface area contributed by atoms with Gasteiger partial charge in [0, 0.05) is 11.0 Å². The van der Waals surface area contributed by atoms with Gasteiger partial charge in [-0.05, 0) is 12.5 Å². The minimum absolute atomic E-state index is 0.0669. The zero-order valence-corrected chi connectivity index (χ0v) is 11.0. The summed E-state index contributed by atoms with van der Waals surface area (Å²) in [4.78, 5) is 0. The first-order valence-electron chi connectivity index (χ1n) is 5.05. The van der Waals surface area contributed by atoms with Gasteiger partial charge in [0.25, 0.3) is 0 Å². The van der Waals surface area contributed by atoms with E-state index in [1.807, 2.05) is 37.3 Å². The molecule has 0 spiro atoms. The highest BCUT2D eigenvalue weighted by molar-refractivity contribution is 8.00. The fourth-order valence-corrected chi connectivity index (χ4v) is 3.29. The van der Waals surface area contributed by atoms with E-state index in [1.165, 1.54) is 5.56 Å². The molecule has 2 unspecified atom stereocenters. The average Bonchev–Trinajstić information content (AvgIpc) is 2.25. The smallest absolute Gasteiger partial charge is 0.211 e. The van der Waals surface area contributed by atoms with E-state index in [4.69, 9.17) is 5.14 Å². The van der Waals surface area contributed by atoms with Crippen LogP contribution in [0.3, 0.4) is 0 Å². The molecular weight excluding hydrogens is 242 g/mol. The number of benzene rings is 1. The van der Waals surface area contributed by atoms with Crippen molar-refractivity contribution >= 4 is 21.8 Å². The number of sulfonamides is 1. The molecule has 0 aliphatic heterocycles. The number of nitrogens with one attached hydrogen (secondary N) is 1.